The third-order valence-corrected chi connectivity index (χ3v) is 2.54. The summed E-state index contributed by atoms with van der Waals surface area (Å²) in [6.07, 6.45) is 1.73. The third-order valence-electron chi connectivity index (χ3n) is 2.54. The topological polar surface area (TPSA) is 68.4 Å². The van der Waals surface area contributed by atoms with Crippen LogP contribution in [0.15, 0.2) is 36.5 Å². The first kappa shape index (κ1) is 11.4. The highest BCUT2D eigenvalue weighted by Crippen LogP contribution is 2.25. The minimum atomic E-state index is 0.245. The Labute approximate surface area is 99.7 Å². The van der Waals surface area contributed by atoms with Gasteiger partial charge < -0.3 is 15.6 Å². The minimum absolute atomic E-state index is 0.245. The maximum absolute atomic E-state index is 9.23. The largest absolute Gasteiger partial charge is 0.508 e. The fourth-order valence-electron chi connectivity index (χ4n) is 1.64. The number of nitrogens with zero attached hydrogens (tertiary/aromatic N) is 1. The van der Waals surface area contributed by atoms with E-state index in [2.05, 4.69) is 4.98 Å². The van der Waals surface area contributed by atoms with Gasteiger partial charge in [-0.3, -0.25) is 0 Å². The molecule has 0 bridgehead atoms. The number of benzene rings is 1. The number of rotatable bonds is 3. The van der Waals surface area contributed by atoms with Crippen molar-refractivity contribution < 1.29 is 9.84 Å². The number of aromatic nitrogens is 1. The van der Waals surface area contributed by atoms with E-state index in [1.807, 2.05) is 18.2 Å². The van der Waals surface area contributed by atoms with Crippen LogP contribution in [0.4, 0.5) is 0 Å². The first-order chi connectivity index (χ1) is 8.24. The predicted molar refractivity (Wildman–Crippen MR) is 65.8 cm³/mol. The van der Waals surface area contributed by atoms with Crippen LogP contribution in [0.5, 0.6) is 11.6 Å². The monoisotopic (exact) mass is 230 g/mol. The van der Waals surface area contributed by atoms with Crippen LogP contribution >= 0.6 is 0 Å². The third kappa shape index (κ3) is 2.37. The van der Waals surface area contributed by atoms with Crippen LogP contribution in [0.3, 0.4) is 0 Å². The molecule has 2 aromatic rings. The van der Waals surface area contributed by atoms with E-state index in [9.17, 15) is 5.11 Å². The van der Waals surface area contributed by atoms with Crippen molar-refractivity contribution in [1.29, 1.82) is 0 Å². The van der Waals surface area contributed by atoms with E-state index in [0.717, 1.165) is 16.7 Å². The molecule has 0 saturated heterocycles. The molecular formula is C13H14N2O2. The number of nitrogens with two attached hydrogens (primary N) is 1. The second-order valence-electron chi connectivity index (χ2n) is 3.64. The van der Waals surface area contributed by atoms with E-state index >= 15 is 0 Å². The maximum Gasteiger partial charge on any atom is 0.217 e. The number of ether oxygens (including phenoxy) is 1. The number of methoxy groups -OCH3 is 1. The molecule has 4 heteroatoms. The molecule has 0 unspecified atom stereocenters. The van der Waals surface area contributed by atoms with Crippen molar-refractivity contribution in [1.82, 2.24) is 4.98 Å². The van der Waals surface area contributed by atoms with E-state index < -0.39 is 0 Å². The molecule has 0 saturated carbocycles. The Bertz CT molecular complexity index is 509. The first-order valence-corrected chi connectivity index (χ1v) is 5.27. The lowest BCUT2D eigenvalue weighted by atomic mass is 10.1. The molecule has 1 heterocycles. The standard InChI is InChI=1S/C13H14N2O2/c1-17-13-10(7-14)6-11(8-15-13)9-2-4-12(16)5-3-9/h2-6,8,16H,7,14H2,1H3. The quantitative estimate of drug-likeness (QED) is 0.845. The molecule has 3 N–H and O–H groups in total. The number of hydrogen-bond donors (Lipinski definition) is 2. The Hall–Kier alpha value is -2.07. The Kier molecular flexibility index (Phi) is 3.25. The van der Waals surface area contributed by atoms with E-state index in [0.29, 0.717) is 12.4 Å². The Balaban J connectivity index is 2.42. The summed E-state index contributed by atoms with van der Waals surface area (Å²) in [4.78, 5) is 4.20. The molecule has 88 valence electrons. The summed E-state index contributed by atoms with van der Waals surface area (Å²) in [5.41, 5.74) is 8.43. The maximum atomic E-state index is 9.23. The van der Waals surface area contributed by atoms with Gasteiger partial charge in [-0.2, -0.15) is 0 Å². The molecule has 0 atom stereocenters. The van der Waals surface area contributed by atoms with Gasteiger partial charge in [-0.05, 0) is 23.8 Å². The van der Waals surface area contributed by atoms with Gasteiger partial charge in [-0.15, -0.1) is 0 Å². The highest BCUT2D eigenvalue weighted by Gasteiger charge is 2.05. The summed E-state index contributed by atoms with van der Waals surface area (Å²) in [6.45, 7) is 0.377. The van der Waals surface area contributed by atoms with Gasteiger partial charge in [0.1, 0.15) is 5.75 Å². The zero-order valence-electron chi connectivity index (χ0n) is 9.55. The lowest BCUT2D eigenvalue weighted by Crippen LogP contribution is -2.01. The smallest absolute Gasteiger partial charge is 0.217 e. The zero-order valence-corrected chi connectivity index (χ0v) is 9.55. The second-order valence-corrected chi connectivity index (χ2v) is 3.64. The van der Waals surface area contributed by atoms with Crippen LogP contribution in [0.1, 0.15) is 5.56 Å². The second kappa shape index (κ2) is 4.84. The van der Waals surface area contributed by atoms with Gasteiger partial charge in [0.2, 0.25) is 5.88 Å². The highest BCUT2D eigenvalue weighted by atomic mass is 16.5. The molecule has 0 amide bonds. The minimum Gasteiger partial charge on any atom is -0.508 e. The Morgan fingerprint density at radius 3 is 2.53 bits per heavy atom. The summed E-state index contributed by atoms with van der Waals surface area (Å²) in [5, 5.41) is 9.23. The molecule has 0 spiro atoms. The SMILES string of the molecule is COc1ncc(-c2ccc(O)cc2)cc1CN. The summed E-state index contributed by atoms with van der Waals surface area (Å²) in [5.74, 6) is 0.796. The summed E-state index contributed by atoms with van der Waals surface area (Å²) in [7, 11) is 1.57. The van der Waals surface area contributed by atoms with Crippen LogP contribution in [-0.2, 0) is 6.54 Å². The molecule has 2 rings (SSSR count). The van der Waals surface area contributed by atoms with E-state index in [-0.39, 0.29) is 5.75 Å². The van der Waals surface area contributed by atoms with Crippen molar-refractivity contribution in [2.24, 2.45) is 5.73 Å². The molecular weight excluding hydrogens is 216 g/mol. The summed E-state index contributed by atoms with van der Waals surface area (Å²) >= 11 is 0. The van der Waals surface area contributed by atoms with Gasteiger partial charge in [-0.1, -0.05) is 12.1 Å². The van der Waals surface area contributed by atoms with Gasteiger partial charge >= 0.3 is 0 Å². The average molecular weight is 230 g/mol. The lowest BCUT2D eigenvalue weighted by molar-refractivity contribution is 0.393. The Morgan fingerprint density at radius 1 is 1.24 bits per heavy atom. The van der Waals surface area contributed by atoms with E-state index in [1.165, 1.54) is 0 Å². The molecule has 4 nitrogen and oxygen atoms in total. The Morgan fingerprint density at radius 2 is 1.94 bits per heavy atom. The van der Waals surface area contributed by atoms with E-state index in [1.54, 1.807) is 25.4 Å². The van der Waals surface area contributed by atoms with Gasteiger partial charge in [0.25, 0.3) is 0 Å². The van der Waals surface area contributed by atoms with Crippen molar-refractivity contribution in [2.45, 2.75) is 6.54 Å². The zero-order chi connectivity index (χ0) is 12.3. The molecule has 1 aromatic carbocycles. The first-order valence-electron chi connectivity index (χ1n) is 5.27. The van der Waals surface area contributed by atoms with Gasteiger partial charge in [0.15, 0.2) is 0 Å². The van der Waals surface area contributed by atoms with Crippen molar-refractivity contribution in [2.75, 3.05) is 7.11 Å². The molecule has 0 aliphatic heterocycles. The average Bonchev–Trinajstić information content (AvgIpc) is 2.39. The fourth-order valence-corrected chi connectivity index (χ4v) is 1.64. The molecule has 0 aliphatic carbocycles. The van der Waals surface area contributed by atoms with Crippen LogP contribution in [-0.4, -0.2) is 17.2 Å². The van der Waals surface area contributed by atoms with Gasteiger partial charge in [-0.25, -0.2) is 4.98 Å². The number of phenols is 1. The van der Waals surface area contributed by atoms with Crippen LogP contribution in [0.2, 0.25) is 0 Å². The summed E-state index contributed by atoms with van der Waals surface area (Å²) < 4.78 is 5.12. The van der Waals surface area contributed by atoms with Crippen LogP contribution in [0.25, 0.3) is 11.1 Å². The van der Waals surface area contributed by atoms with Crippen molar-refractivity contribution in [3.8, 4) is 22.8 Å². The highest BCUT2D eigenvalue weighted by molar-refractivity contribution is 5.64. The van der Waals surface area contributed by atoms with Crippen LogP contribution in [0, 0.1) is 0 Å². The van der Waals surface area contributed by atoms with E-state index in [4.69, 9.17) is 10.5 Å². The fraction of sp³-hybridized carbons (Fsp3) is 0.154. The number of pyridine rings is 1. The molecule has 17 heavy (non-hydrogen) atoms. The number of hydrogen-bond acceptors (Lipinski definition) is 4. The molecule has 0 aliphatic rings. The number of aromatic hydroxyl groups is 1. The molecule has 0 fully saturated rings. The summed E-state index contributed by atoms with van der Waals surface area (Å²) in [6, 6.07) is 8.89. The van der Waals surface area contributed by atoms with Crippen LogP contribution < -0.4 is 10.5 Å². The van der Waals surface area contributed by atoms with Crippen molar-refractivity contribution in [3.05, 3.63) is 42.1 Å². The predicted octanol–water partition coefficient (Wildman–Crippen LogP) is 1.92. The van der Waals surface area contributed by atoms with Crippen molar-refractivity contribution in [3.63, 3.8) is 0 Å². The van der Waals surface area contributed by atoms with Gasteiger partial charge in [0.05, 0.1) is 7.11 Å². The number of phenolic OH excluding ortho intramolecular Hbond substituents is 1. The van der Waals surface area contributed by atoms with Crippen molar-refractivity contribution >= 4 is 0 Å². The molecule has 0 radical (unpaired) electrons. The van der Waals surface area contributed by atoms with Gasteiger partial charge in [0, 0.05) is 23.9 Å². The lowest BCUT2D eigenvalue weighted by Gasteiger charge is -2.08. The molecule has 1 aromatic heterocycles. The normalized spacial score (nSPS) is 10.2.